The summed E-state index contributed by atoms with van der Waals surface area (Å²) in [5.74, 6) is -1.42. The molecule has 0 aliphatic carbocycles. The summed E-state index contributed by atoms with van der Waals surface area (Å²) in [6.45, 7) is 3.68. The molecule has 0 heterocycles. The Balaban J connectivity index is -0.000000368. The van der Waals surface area contributed by atoms with Crippen LogP contribution in [0.25, 0.3) is 21.5 Å². The van der Waals surface area contributed by atoms with Gasteiger partial charge in [0.25, 0.3) is 0 Å². The van der Waals surface area contributed by atoms with E-state index < -0.39 is 11.9 Å². The Hall–Kier alpha value is -2.47. The van der Waals surface area contributed by atoms with Gasteiger partial charge >= 0.3 is 38.7 Å². The van der Waals surface area contributed by atoms with Crippen LogP contribution in [0, 0.1) is 14.9 Å². The Morgan fingerprint density at radius 2 is 1.03 bits per heavy atom. The number of carboxylic acids is 2. The predicted molar refractivity (Wildman–Crippen MR) is 143 cm³/mol. The smallest absolute Gasteiger partial charge is 0.0809 e. The normalized spacial score (nSPS) is 8.38. The second-order valence-corrected chi connectivity index (χ2v) is 6.60. The Labute approximate surface area is 218 Å². The van der Waals surface area contributed by atoms with Crippen molar-refractivity contribution in [2.24, 2.45) is 0 Å². The van der Waals surface area contributed by atoms with Gasteiger partial charge in [-0.25, -0.2) is 0 Å². The Morgan fingerprint density at radius 3 is 1.26 bits per heavy atom. The molecule has 4 rings (SSSR count). The third-order valence-corrected chi connectivity index (χ3v) is 4.02. The largest absolute Gasteiger partial charge is 0.168 e. The van der Waals surface area contributed by atoms with Crippen molar-refractivity contribution in [1.29, 1.82) is 0 Å². The molecule has 0 aromatic heterocycles. The van der Waals surface area contributed by atoms with Gasteiger partial charge in [-0.1, -0.05) is 26.0 Å². The van der Waals surface area contributed by atoms with Gasteiger partial charge in [-0.15, -0.1) is 59.3 Å². The number of carbonyl (C=O) groups is 2. The van der Waals surface area contributed by atoms with Crippen molar-refractivity contribution >= 4 is 41.1 Å². The van der Waals surface area contributed by atoms with Crippen molar-refractivity contribution in [3.8, 4) is 0 Å². The molecule has 0 fully saturated rings. The van der Waals surface area contributed by atoms with Crippen molar-refractivity contribution in [1.82, 2.24) is 0 Å². The molecule has 4 aromatic rings. The van der Waals surface area contributed by atoms with Gasteiger partial charge in [0.2, 0.25) is 0 Å². The van der Waals surface area contributed by atoms with Crippen LogP contribution >= 0.6 is 0 Å². The van der Waals surface area contributed by atoms with Gasteiger partial charge < -0.3 is 25.1 Å². The molecule has 0 bridgehead atoms. The van der Waals surface area contributed by atoms with E-state index in [1.165, 1.54) is 21.5 Å². The van der Waals surface area contributed by atoms with Crippen molar-refractivity contribution in [2.75, 3.05) is 0 Å². The maximum absolute atomic E-state index is 9.60. The first kappa shape index (κ1) is 36.1. The van der Waals surface area contributed by atoms with Crippen molar-refractivity contribution in [3.05, 3.63) is 99.8 Å². The third kappa shape index (κ3) is 17.1. The first-order chi connectivity index (χ1) is 15.5. The molecule has 0 saturated carbocycles. The molecule has 2 N–H and O–H groups in total. The summed E-state index contributed by atoms with van der Waals surface area (Å²) in [5, 5.41) is 21.2. The summed E-state index contributed by atoms with van der Waals surface area (Å²) in [4.78, 5) is 19.2. The van der Waals surface area contributed by atoms with Crippen LogP contribution in [-0.4, -0.2) is 29.8 Å². The summed E-state index contributed by atoms with van der Waals surface area (Å²) in [5.41, 5.74) is 0. The quantitative estimate of drug-likeness (QED) is 0.221. The Bertz CT molecular complexity index is 881. The van der Waals surface area contributed by atoms with Crippen molar-refractivity contribution in [3.63, 3.8) is 0 Å². The fourth-order valence-electron chi connectivity index (χ4n) is 2.57. The molecular formula is C28H36O4SiTi-4. The van der Waals surface area contributed by atoms with Gasteiger partial charge in [0.1, 0.15) is 0 Å². The fourth-order valence-corrected chi connectivity index (χ4v) is 2.57. The number of rotatable bonds is 4. The standard InChI is InChI=1S/2C9H7.2C4H8O2.2CH3.Si.Ti/c2*1-2-5-9-7-3-6-8(9)4-1;2*1-2-3-4(5)6;;;;/h2*1-7H;2*2-3H2,1H3,(H,5,6);2*1H3;;/q2*-1;;;2*-1;;. The van der Waals surface area contributed by atoms with Crippen LogP contribution in [0.2, 0.25) is 0 Å². The van der Waals surface area contributed by atoms with E-state index in [-0.39, 0.29) is 14.9 Å². The fraction of sp³-hybridized carbons (Fsp3) is 0.214. The van der Waals surface area contributed by atoms with Gasteiger partial charge in [-0.05, 0) is 12.8 Å². The summed E-state index contributed by atoms with van der Waals surface area (Å²) in [6, 6.07) is 29.3. The summed E-state index contributed by atoms with van der Waals surface area (Å²) in [7, 11) is 2.97. The molecule has 6 heteroatoms. The van der Waals surface area contributed by atoms with Crippen molar-refractivity contribution in [2.45, 2.75) is 39.5 Å². The van der Waals surface area contributed by atoms with E-state index in [2.05, 4.69) is 92.6 Å². The Kier molecular flexibility index (Phi) is 25.1. The van der Waals surface area contributed by atoms with E-state index in [9.17, 15) is 9.59 Å². The van der Waals surface area contributed by atoms with Crippen LogP contribution in [0.15, 0.2) is 84.9 Å². The Morgan fingerprint density at radius 1 is 0.706 bits per heavy atom. The van der Waals surface area contributed by atoms with Crippen LogP contribution in [0.3, 0.4) is 0 Å². The molecule has 0 saturated heterocycles. The number of benzene rings is 2. The zero-order valence-electron chi connectivity index (χ0n) is 20.6. The van der Waals surface area contributed by atoms with E-state index in [1.807, 2.05) is 13.8 Å². The van der Waals surface area contributed by atoms with Crippen LogP contribution < -0.4 is 0 Å². The summed E-state index contributed by atoms with van der Waals surface area (Å²) < 4.78 is 0. The van der Waals surface area contributed by atoms with Gasteiger partial charge in [0, 0.05) is 12.8 Å². The van der Waals surface area contributed by atoms with Gasteiger partial charge in [0.05, 0.1) is 0 Å². The molecule has 0 unspecified atom stereocenters. The van der Waals surface area contributed by atoms with Crippen LogP contribution in [0.1, 0.15) is 39.5 Å². The van der Waals surface area contributed by atoms with Gasteiger partial charge in [-0.3, -0.25) is 9.59 Å². The maximum atomic E-state index is 9.60. The number of fused-ring (bicyclic) bond motifs is 2. The van der Waals surface area contributed by atoms with E-state index in [1.54, 1.807) is 19.2 Å². The van der Waals surface area contributed by atoms with Gasteiger partial charge in [0.15, 0.2) is 0 Å². The minimum absolute atomic E-state index is 0. The molecule has 0 atom stereocenters. The number of hydrogen-bond acceptors (Lipinski definition) is 2. The molecular weight excluding hydrogens is 476 g/mol. The second kappa shape index (κ2) is 23.7. The monoisotopic (exact) mass is 512 g/mol. The number of aliphatic carboxylic acids is 2. The summed E-state index contributed by atoms with van der Waals surface area (Å²) >= 11 is 1.81. The van der Waals surface area contributed by atoms with E-state index in [0.29, 0.717) is 12.8 Å². The maximum Gasteiger partial charge on any atom is -0.0809 e. The molecule has 0 amide bonds. The number of hydrogen-bond donors (Lipinski definition) is 2. The zero-order chi connectivity index (χ0) is 24.2. The third-order valence-electron chi connectivity index (χ3n) is 4.02. The minimum atomic E-state index is -0.711. The molecule has 184 valence electrons. The van der Waals surface area contributed by atoms with Crippen LogP contribution in [-0.2, 0) is 28.8 Å². The molecule has 2 radical (unpaired) electrons. The first-order valence-electron chi connectivity index (χ1n) is 10.4. The summed E-state index contributed by atoms with van der Waals surface area (Å²) in [6.07, 6.45) is 2.05. The molecule has 0 spiro atoms. The van der Waals surface area contributed by atoms with Gasteiger partial charge in [-0.2, -0.15) is 35.0 Å². The van der Waals surface area contributed by atoms with Crippen molar-refractivity contribution < 1.29 is 39.0 Å². The SMILES string of the molecule is CCCC(=O)O.CCCC(=O)O.[CH3-].[CH3-].[Si]=[Ti].c1ccc2[cH-]ccc2c1.c1ccc2[cH-]ccc2c1. The van der Waals surface area contributed by atoms with Crippen LogP contribution in [0.5, 0.6) is 0 Å². The topological polar surface area (TPSA) is 74.6 Å². The molecule has 34 heavy (non-hydrogen) atoms. The minimum Gasteiger partial charge on any atom is -0.168 e. The van der Waals surface area contributed by atoms with E-state index >= 15 is 0 Å². The molecule has 4 aromatic carbocycles. The average Bonchev–Trinajstić information content (AvgIpc) is 3.46. The van der Waals surface area contributed by atoms with Crippen LogP contribution in [0.4, 0.5) is 0 Å². The zero-order valence-corrected chi connectivity index (χ0v) is 23.2. The average molecular weight is 513 g/mol. The molecule has 4 nitrogen and oxygen atoms in total. The van der Waals surface area contributed by atoms with E-state index in [0.717, 1.165) is 12.8 Å². The first-order valence-corrected chi connectivity index (χ1v) is 13.2. The molecule has 0 aliphatic rings. The predicted octanol–water partition coefficient (Wildman–Crippen LogP) is 7.38. The van der Waals surface area contributed by atoms with E-state index in [4.69, 9.17) is 10.2 Å². The number of carboxylic acid groups (broad SMARTS) is 2. The second-order valence-electron chi connectivity index (χ2n) is 6.60. The molecule has 0 aliphatic heterocycles.